The number of anilines is 1. The molecule has 0 aliphatic heterocycles. The predicted molar refractivity (Wildman–Crippen MR) is 50.2 cm³/mol. The molecule has 1 aromatic rings. The minimum atomic E-state index is -0.224. The second-order valence-electron chi connectivity index (χ2n) is 3.07. The molecule has 0 amide bonds. The fourth-order valence-electron chi connectivity index (χ4n) is 0.954. The Hall–Kier alpha value is -1.36. The fourth-order valence-corrected chi connectivity index (χ4v) is 0.954. The lowest BCUT2D eigenvalue weighted by Gasteiger charge is -2.08. The van der Waals surface area contributed by atoms with Crippen molar-refractivity contribution in [1.29, 1.82) is 0 Å². The van der Waals surface area contributed by atoms with E-state index >= 15 is 0 Å². The lowest BCUT2D eigenvalue weighted by Crippen LogP contribution is -2.27. The SMILES string of the molecule is Cc1c(N)cnn1C(=O)C(C)CN. The Morgan fingerprint density at radius 3 is 2.77 bits per heavy atom. The van der Waals surface area contributed by atoms with Crippen LogP contribution in [-0.4, -0.2) is 22.2 Å². The van der Waals surface area contributed by atoms with Crippen molar-refractivity contribution in [2.75, 3.05) is 12.3 Å². The van der Waals surface area contributed by atoms with E-state index < -0.39 is 0 Å². The summed E-state index contributed by atoms with van der Waals surface area (Å²) in [6, 6.07) is 0. The van der Waals surface area contributed by atoms with E-state index in [9.17, 15) is 4.79 Å². The molecule has 1 unspecified atom stereocenters. The number of carbonyl (C=O) groups excluding carboxylic acids is 1. The monoisotopic (exact) mass is 182 g/mol. The van der Waals surface area contributed by atoms with Crippen molar-refractivity contribution in [2.45, 2.75) is 13.8 Å². The number of rotatable bonds is 2. The van der Waals surface area contributed by atoms with Gasteiger partial charge < -0.3 is 11.5 Å². The van der Waals surface area contributed by atoms with Gasteiger partial charge in [-0.25, -0.2) is 4.68 Å². The number of nitrogens with zero attached hydrogens (tertiary/aromatic N) is 2. The zero-order valence-electron chi connectivity index (χ0n) is 7.82. The van der Waals surface area contributed by atoms with Crippen molar-refractivity contribution in [3.05, 3.63) is 11.9 Å². The Labute approximate surface area is 76.7 Å². The first-order valence-electron chi connectivity index (χ1n) is 4.12. The van der Waals surface area contributed by atoms with Crippen LogP contribution in [0.25, 0.3) is 0 Å². The maximum atomic E-state index is 11.6. The van der Waals surface area contributed by atoms with Gasteiger partial charge in [-0.05, 0) is 6.92 Å². The summed E-state index contributed by atoms with van der Waals surface area (Å²) in [5.41, 5.74) is 12.1. The first kappa shape index (κ1) is 9.73. The molecule has 5 nitrogen and oxygen atoms in total. The molecule has 0 aliphatic carbocycles. The normalized spacial score (nSPS) is 12.8. The highest BCUT2D eigenvalue weighted by atomic mass is 16.2. The van der Waals surface area contributed by atoms with E-state index in [2.05, 4.69) is 5.10 Å². The largest absolute Gasteiger partial charge is 0.396 e. The molecule has 13 heavy (non-hydrogen) atoms. The molecular formula is C8H14N4O. The molecule has 0 fully saturated rings. The third kappa shape index (κ3) is 1.70. The van der Waals surface area contributed by atoms with Gasteiger partial charge in [-0.2, -0.15) is 5.10 Å². The Morgan fingerprint density at radius 1 is 1.77 bits per heavy atom. The maximum Gasteiger partial charge on any atom is 0.251 e. The van der Waals surface area contributed by atoms with Crippen LogP contribution >= 0.6 is 0 Å². The molecule has 5 heteroatoms. The van der Waals surface area contributed by atoms with E-state index in [1.54, 1.807) is 13.8 Å². The average Bonchev–Trinajstić information content (AvgIpc) is 2.45. The Morgan fingerprint density at radius 2 is 2.38 bits per heavy atom. The number of aromatic nitrogens is 2. The maximum absolute atomic E-state index is 11.6. The van der Waals surface area contributed by atoms with Crippen LogP contribution in [0.1, 0.15) is 17.4 Å². The first-order valence-corrected chi connectivity index (χ1v) is 4.12. The molecule has 0 radical (unpaired) electrons. The van der Waals surface area contributed by atoms with Crippen molar-refractivity contribution in [3.8, 4) is 0 Å². The van der Waals surface area contributed by atoms with E-state index in [1.807, 2.05) is 0 Å². The van der Waals surface area contributed by atoms with Crippen LogP contribution in [0, 0.1) is 12.8 Å². The minimum absolute atomic E-state index is 0.114. The predicted octanol–water partition coefficient (Wildman–Crippen LogP) is 0.00872. The molecule has 72 valence electrons. The molecule has 0 saturated carbocycles. The Kier molecular flexibility index (Phi) is 2.67. The lowest BCUT2D eigenvalue weighted by atomic mass is 10.2. The molecule has 0 spiro atoms. The quantitative estimate of drug-likeness (QED) is 0.674. The second kappa shape index (κ2) is 3.57. The minimum Gasteiger partial charge on any atom is -0.396 e. The summed E-state index contributed by atoms with van der Waals surface area (Å²) in [4.78, 5) is 11.6. The van der Waals surface area contributed by atoms with E-state index in [0.29, 0.717) is 17.9 Å². The van der Waals surface area contributed by atoms with Gasteiger partial charge in [-0.15, -0.1) is 0 Å². The molecule has 1 heterocycles. The molecule has 0 bridgehead atoms. The van der Waals surface area contributed by atoms with Crippen LogP contribution in [-0.2, 0) is 0 Å². The number of carbonyl (C=O) groups is 1. The summed E-state index contributed by atoms with van der Waals surface area (Å²) in [7, 11) is 0. The molecule has 1 rings (SSSR count). The van der Waals surface area contributed by atoms with Gasteiger partial charge in [0.25, 0.3) is 5.91 Å². The summed E-state index contributed by atoms with van der Waals surface area (Å²) in [5, 5.41) is 3.87. The summed E-state index contributed by atoms with van der Waals surface area (Å²) >= 11 is 0. The van der Waals surface area contributed by atoms with Crippen molar-refractivity contribution in [1.82, 2.24) is 9.78 Å². The first-order chi connectivity index (χ1) is 6.07. The summed E-state index contributed by atoms with van der Waals surface area (Å²) < 4.78 is 1.30. The number of hydrogen-bond donors (Lipinski definition) is 2. The molecule has 0 aromatic carbocycles. The van der Waals surface area contributed by atoms with Crippen LogP contribution in [0.2, 0.25) is 0 Å². The average molecular weight is 182 g/mol. The lowest BCUT2D eigenvalue weighted by molar-refractivity contribution is 0.0830. The zero-order valence-corrected chi connectivity index (χ0v) is 7.82. The van der Waals surface area contributed by atoms with Crippen LogP contribution in [0.15, 0.2) is 6.20 Å². The summed E-state index contributed by atoms with van der Waals surface area (Å²) in [6.45, 7) is 3.83. The van der Waals surface area contributed by atoms with Gasteiger partial charge in [0.1, 0.15) is 0 Å². The molecule has 0 aliphatic rings. The fraction of sp³-hybridized carbons (Fsp3) is 0.500. The van der Waals surface area contributed by atoms with Crippen molar-refractivity contribution in [2.24, 2.45) is 11.7 Å². The highest BCUT2D eigenvalue weighted by Gasteiger charge is 2.16. The second-order valence-corrected chi connectivity index (χ2v) is 3.07. The number of hydrogen-bond acceptors (Lipinski definition) is 4. The van der Waals surface area contributed by atoms with Gasteiger partial charge in [0.2, 0.25) is 0 Å². The van der Waals surface area contributed by atoms with Crippen LogP contribution in [0.4, 0.5) is 5.69 Å². The summed E-state index contributed by atoms with van der Waals surface area (Å²) in [5.74, 6) is -0.338. The van der Waals surface area contributed by atoms with Gasteiger partial charge in [0.15, 0.2) is 0 Å². The van der Waals surface area contributed by atoms with Crippen molar-refractivity contribution in [3.63, 3.8) is 0 Å². The van der Waals surface area contributed by atoms with Gasteiger partial charge >= 0.3 is 0 Å². The molecular weight excluding hydrogens is 168 g/mol. The van der Waals surface area contributed by atoms with Crippen molar-refractivity contribution >= 4 is 11.6 Å². The topological polar surface area (TPSA) is 86.9 Å². The number of nitrogens with two attached hydrogens (primary N) is 2. The van der Waals surface area contributed by atoms with E-state index in [0.717, 1.165) is 0 Å². The standard InChI is InChI=1S/C8H14N4O/c1-5(3-9)8(13)12-6(2)7(10)4-11-12/h4-5H,3,9-10H2,1-2H3. The Bertz CT molecular complexity index is 318. The van der Waals surface area contributed by atoms with E-state index in [1.165, 1.54) is 10.9 Å². The molecule has 4 N–H and O–H groups in total. The van der Waals surface area contributed by atoms with Gasteiger partial charge in [-0.3, -0.25) is 4.79 Å². The van der Waals surface area contributed by atoms with Gasteiger partial charge in [-0.1, -0.05) is 6.92 Å². The number of nitrogen functional groups attached to an aromatic ring is 1. The highest BCUT2D eigenvalue weighted by Crippen LogP contribution is 2.10. The van der Waals surface area contributed by atoms with Crippen LogP contribution in [0.3, 0.4) is 0 Å². The third-order valence-electron chi connectivity index (χ3n) is 2.03. The zero-order chi connectivity index (χ0) is 10.0. The third-order valence-corrected chi connectivity index (χ3v) is 2.03. The smallest absolute Gasteiger partial charge is 0.251 e. The van der Waals surface area contributed by atoms with E-state index in [-0.39, 0.29) is 11.8 Å². The Balaban J connectivity index is 2.95. The van der Waals surface area contributed by atoms with Crippen molar-refractivity contribution < 1.29 is 4.79 Å². The van der Waals surface area contributed by atoms with E-state index in [4.69, 9.17) is 11.5 Å². The van der Waals surface area contributed by atoms with Crippen LogP contribution in [0.5, 0.6) is 0 Å². The highest BCUT2D eigenvalue weighted by molar-refractivity contribution is 5.82. The summed E-state index contributed by atoms with van der Waals surface area (Å²) in [6.07, 6.45) is 1.47. The van der Waals surface area contributed by atoms with Gasteiger partial charge in [0.05, 0.1) is 17.6 Å². The molecule has 1 aromatic heterocycles. The van der Waals surface area contributed by atoms with Gasteiger partial charge in [0, 0.05) is 12.5 Å². The molecule has 0 saturated heterocycles. The van der Waals surface area contributed by atoms with Crippen LogP contribution < -0.4 is 11.5 Å². The molecule has 1 atom stereocenters.